The molecule has 0 aliphatic carbocycles. The third-order valence-corrected chi connectivity index (χ3v) is 3.65. The number of aliphatic carboxylic acids is 1. The van der Waals surface area contributed by atoms with Crippen molar-refractivity contribution in [3.05, 3.63) is 0 Å². The van der Waals surface area contributed by atoms with Crippen molar-refractivity contribution in [2.45, 2.75) is 52.1 Å². The summed E-state index contributed by atoms with van der Waals surface area (Å²) in [5.74, 6) is -0.938. The van der Waals surface area contributed by atoms with Crippen LogP contribution in [-0.2, 0) is 9.59 Å². The fourth-order valence-corrected chi connectivity index (χ4v) is 2.41. The van der Waals surface area contributed by atoms with Gasteiger partial charge < -0.3 is 20.6 Å². The zero-order chi connectivity index (χ0) is 16.2. The SMILES string of the molecule is CN(CCC(=O)O)C(=O)N[C@@H]1CCC(=O)N[C@H]1C(C)(C)C. The van der Waals surface area contributed by atoms with Crippen LogP contribution in [0.3, 0.4) is 0 Å². The number of carboxylic acid groups (broad SMARTS) is 1. The van der Waals surface area contributed by atoms with Gasteiger partial charge in [0.1, 0.15) is 0 Å². The number of carboxylic acids is 1. The van der Waals surface area contributed by atoms with Crippen LogP contribution < -0.4 is 10.6 Å². The van der Waals surface area contributed by atoms with Crippen LogP contribution in [0.5, 0.6) is 0 Å². The maximum Gasteiger partial charge on any atom is 0.317 e. The molecular weight excluding hydrogens is 274 g/mol. The number of piperidine rings is 1. The molecule has 3 N–H and O–H groups in total. The zero-order valence-corrected chi connectivity index (χ0v) is 13.1. The Morgan fingerprint density at radius 3 is 2.57 bits per heavy atom. The number of amides is 3. The smallest absolute Gasteiger partial charge is 0.317 e. The summed E-state index contributed by atoms with van der Waals surface area (Å²) < 4.78 is 0. The predicted molar refractivity (Wildman–Crippen MR) is 77.8 cm³/mol. The summed E-state index contributed by atoms with van der Waals surface area (Å²) in [6, 6.07) is -0.607. The lowest BCUT2D eigenvalue weighted by atomic mass is 9.79. The average molecular weight is 299 g/mol. The van der Waals surface area contributed by atoms with E-state index < -0.39 is 5.97 Å². The molecule has 0 bridgehead atoms. The number of nitrogens with one attached hydrogen (secondary N) is 2. The summed E-state index contributed by atoms with van der Waals surface area (Å²) in [5.41, 5.74) is -0.173. The lowest BCUT2D eigenvalue weighted by molar-refractivity contribution is -0.137. The molecule has 2 atom stereocenters. The minimum absolute atomic E-state index is 0.000319. The van der Waals surface area contributed by atoms with Crippen molar-refractivity contribution in [1.29, 1.82) is 0 Å². The van der Waals surface area contributed by atoms with E-state index in [-0.39, 0.29) is 42.4 Å². The molecule has 0 aromatic rings. The molecule has 7 heteroatoms. The number of hydrogen-bond acceptors (Lipinski definition) is 3. The predicted octanol–water partition coefficient (Wildman–Crippen LogP) is 0.796. The van der Waals surface area contributed by atoms with Crippen molar-refractivity contribution >= 4 is 17.9 Å². The van der Waals surface area contributed by atoms with Crippen LogP contribution in [0.2, 0.25) is 0 Å². The largest absolute Gasteiger partial charge is 0.481 e. The molecule has 1 saturated heterocycles. The number of carbonyl (C=O) groups excluding carboxylic acids is 2. The Kier molecular flexibility index (Phi) is 5.57. The highest BCUT2D eigenvalue weighted by atomic mass is 16.4. The van der Waals surface area contributed by atoms with E-state index >= 15 is 0 Å². The van der Waals surface area contributed by atoms with Gasteiger partial charge in [0.15, 0.2) is 0 Å². The van der Waals surface area contributed by atoms with Crippen LogP contribution in [0.25, 0.3) is 0 Å². The minimum Gasteiger partial charge on any atom is -0.481 e. The van der Waals surface area contributed by atoms with E-state index in [0.29, 0.717) is 12.8 Å². The molecule has 1 rings (SSSR count). The molecule has 21 heavy (non-hydrogen) atoms. The Balaban J connectivity index is 2.64. The van der Waals surface area contributed by atoms with Crippen molar-refractivity contribution < 1.29 is 19.5 Å². The lowest BCUT2D eigenvalue weighted by Gasteiger charge is -2.41. The maximum atomic E-state index is 12.1. The van der Waals surface area contributed by atoms with Gasteiger partial charge in [-0.15, -0.1) is 0 Å². The van der Waals surface area contributed by atoms with Crippen LogP contribution >= 0.6 is 0 Å². The van der Waals surface area contributed by atoms with Crippen LogP contribution in [0, 0.1) is 5.41 Å². The van der Waals surface area contributed by atoms with E-state index in [1.807, 2.05) is 20.8 Å². The summed E-state index contributed by atoms with van der Waals surface area (Å²) in [4.78, 5) is 35.5. The first-order valence-electron chi connectivity index (χ1n) is 7.14. The number of hydrogen-bond donors (Lipinski definition) is 3. The molecule has 0 unspecified atom stereocenters. The van der Waals surface area contributed by atoms with Gasteiger partial charge in [0.05, 0.1) is 18.5 Å². The van der Waals surface area contributed by atoms with Crippen LogP contribution in [0.15, 0.2) is 0 Å². The molecule has 0 aromatic carbocycles. The quantitative estimate of drug-likeness (QED) is 0.715. The van der Waals surface area contributed by atoms with Gasteiger partial charge in [-0.25, -0.2) is 4.79 Å². The highest BCUT2D eigenvalue weighted by molar-refractivity contribution is 5.79. The van der Waals surface area contributed by atoms with Crippen LogP contribution in [-0.4, -0.2) is 53.6 Å². The third-order valence-electron chi connectivity index (χ3n) is 3.65. The Morgan fingerprint density at radius 1 is 1.43 bits per heavy atom. The molecular formula is C14H25N3O4. The second-order valence-electron chi connectivity index (χ2n) is 6.57. The topological polar surface area (TPSA) is 98.7 Å². The van der Waals surface area contributed by atoms with Gasteiger partial charge in [-0.1, -0.05) is 20.8 Å². The van der Waals surface area contributed by atoms with E-state index in [9.17, 15) is 14.4 Å². The van der Waals surface area contributed by atoms with Gasteiger partial charge in [-0.05, 0) is 11.8 Å². The highest BCUT2D eigenvalue weighted by Gasteiger charge is 2.37. The molecule has 0 saturated carbocycles. The normalized spacial score (nSPS) is 22.4. The first kappa shape index (κ1) is 17.3. The zero-order valence-electron chi connectivity index (χ0n) is 13.1. The molecule has 0 spiro atoms. The molecule has 3 amide bonds. The molecule has 7 nitrogen and oxygen atoms in total. The van der Waals surface area contributed by atoms with Gasteiger partial charge in [-0.2, -0.15) is 0 Å². The summed E-state index contributed by atoms with van der Waals surface area (Å²) in [5, 5.41) is 14.5. The van der Waals surface area contributed by atoms with E-state index in [2.05, 4.69) is 10.6 Å². The van der Waals surface area contributed by atoms with Crippen molar-refractivity contribution in [3.63, 3.8) is 0 Å². The maximum absolute atomic E-state index is 12.1. The van der Waals surface area contributed by atoms with E-state index in [0.717, 1.165) is 0 Å². The Bertz CT molecular complexity index is 417. The Labute approximate surface area is 125 Å². The highest BCUT2D eigenvalue weighted by Crippen LogP contribution is 2.26. The fraction of sp³-hybridized carbons (Fsp3) is 0.786. The number of carbonyl (C=O) groups is 3. The lowest BCUT2D eigenvalue weighted by Crippen LogP contribution is -2.61. The van der Waals surface area contributed by atoms with Crippen molar-refractivity contribution in [3.8, 4) is 0 Å². The second-order valence-corrected chi connectivity index (χ2v) is 6.57. The number of rotatable bonds is 4. The van der Waals surface area contributed by atoms with E-state index in [4.69, 9.17) is 5.11 Å². The fourth-order valence-electron chi connectivity index (χ4n) is 2.41. The van der Waals surface area contributed by atoms with Crippen molar-refractivity contribution in [2.75, 3.05) is 13.6 Å². The molecule has 1 aliphatic rings. The van der Waals surface area contributed by atoms with Crippen molar-refractivity contribution in [2.24, 2.45) is 5.41 Å². The first-order chi connectivity index (χ1) is 9.61. The van der Waals surface area contributed by atoms with Gasteiger partial charge >= 0.3 is 12.0 Å². The molecule has 120 valence electrons. The number of nitrogens with zero attached hydrogens (tertiary/aromatic N) is 1. The van der Waals surface area contributed by atoms with Crippen LogP contribution in [0.1, 0.15) is 40.0 Å². The third kappa shape index (κ3) is 5.24. The summed E-state index contributed by atoms with van der Waals surface area (Å²) in [6.45, 7) is 6.18. The van der Waals surface area contributed by atoms with Gasteiger partial charge in [0.2, 0.25) is 5.91 Å². The summed E-state index contributed by atoms with van der Waals surface area (Å²) in [7, 11) is 1.56. The van der Waals surface area contributed by atoms with Crippen molar-refractivity contribution in [1.82, 2.24) is 15.5 Å². The van der Waals surface area contributed by atoms with Gasteiger partial charge in [0.25, 0.3) is 0 Å². The first-order valence-corrected chi connectivity index (χ1v) is 7.14. The Morgan fingerprint density at radius 2 is 2.05 bits per heavy atom. The average Bonchev–Trinajstić information content (AvgIpc) is 2.36. The summed E-state index contributed by atoms with van der Waals surface area (Å²) >= 11 is 0. The number of urea groups is 1. The van der Waals surface area contributed by atoms with E-state index in [1.54, 1.807) is 7.05 Å². The molecule has 0 aromatic heterocycles. The van der Waals surface area contributed by atoms with Crippen LogP contribution in [0.4, 0.5) is 4.79 Å². The van der Waals surface area contributed by atoms with Gasteiger partial charge in [0, 0.05) is 20.0 Å². The van der Waals surface area contributed by atoms with Gasteiger partial charge in [-0.3, -0.25) is 9.59 Å². The molecule has 1 heterocycles. The molecule has 1 fully saturated rings. The standard InChI is InChI=1S/C14H25N3O4/c1-14(2,3)12-9(5-6-10(18)16-12)15-13(21)17(4)8-7-11(19)20/h9,12H,5-8H2,1-4H3,(H,15,21)(H,16,18)(H,19,20)/t9-,12-/m1/s1. The monoisotopic (exact) mass is 299 g/mol. The Hall–Kier alpha value is -1.79. The van der Waals surface area contributed by atoms with E-state index in [1.165, 1.54) is 4.90 Å². The molecule has 1 aliphatic heterocycles. The second kappa shape index (κ2) is 6.78. The molecule has 0 radical (unpaired) electrons. The minimum atomic E-state index is -0.938. The summed E-state index contributed by atoms with van der Waals surface area (Å²) in [6.07, 6.45) is 0.886.